The first-order chi connectivity index (χ1) is 7.81. The maximum absolute atomic E-state index is 5.67. The monoisotopic (exact) mass is 217 g/mol. The molecule has 0 fully saturated rings. The number of hydrogen-bond donors (Lipinski definition) is 1. The molecular weight excluding hydrogens is 202 g/mol. The quantitative estimate of drug-likeness (QED) is 0.848. The molecule has 0 spiro atoms. The fraction of sp³-hybridized carbons (Fsp3) is 0.250. The standard InChI is InChI=1S/C12H15N3O/c1-15(9-11-3-2-6-16-11)12-4-5-14-8-10(12)7-13/h2-6,8H,7,9,13H2,1H3. The number of nitrogens with zero attached hydrogens (tertiary/aromatic N) is 2. The summed E-state index contributed by atoms with van der Waals surface area (Å²) in [5.74, 6) is 0.933. The van der Waals surface area contributed by atoms with E-state index < -0.39 is 0 Å². The van der Waals surface area contributed by atoms with Gasteiger partial charge in [-0.15, -0.1) is 0 Å². The number of furan rings is 1. The van der Waals surface area contributed by atoms with Crippen LogP contribution in [0.4, 0.5) is 5.69 Å². The third kappa shape index (κ3) is 2.23. The van der Waals surface area contributed by atoms with Crippen molar-refractivity contribution in [3.63, 3.8) is 0 Å². The summed E-state index contributed by atoms with van der Waals surface area (Å²) in [6.07, 6.45) is 5.25. The van der Waals surface area contributed by atoms with E-state index in [2.05, 4.69) is 9.88 Å². The van der Waals surface area contributed by atoms with Gasteiger partial charge in [-0.05, 0) is 18.2 Å². The Morgan fingerprint density at radius 3 is 3.00 bits per heavy atom. The predicted molar refractivity (Wildman–Crippen MR) is 62.9 cm³/mol. The lowest BCUT2D eigenvalue weighted by Crippen LogP contribution is -2.18. The molecule has 2 aromatic rings. The Morgan fingerprint density at radius 1 is 1.44 bits per heavy atom. The van der Waals surface area contributed by atoms with Crippen molar-refractivity contribution in [2.75, 3.05) is 11.9 Å². The largest absolute Gasteiger partial charge is 0.467 e. The smallest absolute Gasteiger partial charge is 0.123 e. The molecule has 0 bridgehead atoms. The van der Waals surface area contributed by atoms with Crippen LogP contribution in [-0.4, -0.2) is 12.0 Å². The fourth-order valence-electron chi connectivity index (χ4n) is 1.67. The summed E-state index contributed by atoms with van der Waals surface area (Å²) in [6, 6.07) is 5.81. The number of hydrogen-bond acceptors (Lipinski definition) is 4. The highest BCUT2D eigenvalue weighted by Crippen LogP contribution is 2.19. The van der Waals surface area contributed by atoms with E-state index in [-0.39, 0.29) is 0 Å². The minimum atomic E-state index is 0.492. The molecule has 0 amide bonds. The summed E-state index contributed by atoms with van der Waals surface area (Å²) in [5, 5.41) is 0. The number of anilines is 1. The van der Waals surface area contributed by atoms with Crippen LogP contribution in [0.15, 0.2) is 41.3 Å². The molecule has 4 heteroatoms. The number of rotatable bonds is 4. The Balaban J connectivity index is 2.17. The van der Waals surface area contributed by atoms with Gasteiger partial charge in [-0.3, -0.25) is 4.98 Å². The average molecular weight is 217 g/mol. The number of nitrogens with two attached hydrogens (primary N) is 1. The summed E-state index contributed by atoms with van der Waals surface area (Å²) in [7, 11) is 2.01. The molecule has 2 rings (SSSR count). The molecule has 0 aliphatic heterocycles. The van der Waals surface area contributed by atoms with Crippen LogP contribution in [0.1, 0.15) is 11.3 Å². The molecule has 2 N–H and O–H groups in total. The van der Waals surface area contributed by atoms with E-state index in [0.29, 0.717) is 6.54 Å². The van der Waals surface area contributed by atoms with Gasteiger partial charge in [0.1, 0.15) is 5.76 Å². The lowest BCUT2D eigenvalue weighted by atomic mass is 10.2. The van der Waals surface area contributed by atoms with Gasteiger partial charge in [-0.2, -0.15) is 0 Å². The lowest BCUT2D eigenvalue weighted by Gasteiger charge is -2.20. The molecule has 0 saturated heterocycles. The van der Waals surface area contributed by atoms with Crippen LogP contribution in [-0.2, 0) is 13.1 Å². The molecular formula is C12H15N3O. The Bertz CT molecular complexity index is 439. The Labute approximate surface area is 94.7 Å². The molecule has 0 radical (unpaired) electrons. The third-order valence-corrected chi connectivity index (χ3v) is 2.48. The molecule has 2 aromatic heterocycles. The molecule has 16 heavy (non-hydrogen) atoms. The lowest BCUT2D eigenvalue weighted by molar-refractivity contribution is 0.507. The van der Waals surface area contributed by atoms with Gasteiger partial charge in [0.15, 0.2) is 0 Å². The van der Waals surface area contributed by atoms with Crippen LogP contribution < -0.4 is 10.6 Å². The van der Waals surface area contributed by atoms with Crippen molar-refractivity contribution in [1.29, 1.82) is 0 Å². The SMILES string of the molecule is CN(Cc1ccco1)c1ccncc1CN. The van der Waals surface area contributed by atoms with Gasteiger partial charge in [0.2, 0.25) is 0 Å². The van der Waals surface area contributed by atoms with E-state index in [1.54, 1.807) is 18.7 Å². The molecule has 2 heterocycles. The first-order valence-corrected chi connectivity index (χ1v) is 5.17. The Hall–Kier alpha value is -1.81. The van der Waals surface area contributed by atoms with E-state index in [9.17, 15) is 0 Å². The molecule has 0 aliphatic rings. The third-order valence-electron chi connectivity index (χ3n) is 2.48. The molecule has 0 aromatic carbocycles. The van der Waals surface area contributed by atoms with Crippen LogP contribution >= 0.6 is 0 Å². The van der Waals surface area contributed by atoms with Gasteiger partial charge >= 0.3 is 0 Å². The molecule has 4 nitrogen and oxygen atoms in total. The summed E-state index contributed by atoms with van der Waals surface area (Å²) in [6.45, 7) is 1.22. The van der Waals surface area contributed by atoms with Crippen LogP contribution in [0.25, 0.3) is 0 Å². The fourth-order valence-corrected chi connectivity index (χ4v) is 1.67. The molecule has 84 valence electrons. The van der Waals surface area contributed by atoms with Crippen LogP contribution in [0.3, 0.4) is 0 Å². The Morgan fingerprint density at radius 2 is 2.31 bits per heavy atom. The van der Waals surface area contributed by atoms with Crippen LogP contribution in [0, 0.1) is 0 Å². The predicted octanol–water partition coefficient (Wildman–Crippen LogP) is 1.77. The summed E-state index contributed by atoms with van der Waals surface area (Å²) in [4.78, 5) is 6.17. The van der Waals surface area contributed by atoms with Gasteiger partial charge in [-0.25, -0.2) is 0 Å². The van der Waals surface area contributed by atoms with Gasteiger partial charge in [0.25, 0.3) is 0 Å². The molecule has 0 aliphatic carbocycles. The van der Waals surface area contributed by atoms with E-state index in [0.717, 1.165) is 23.6 Å². The molecule has 0 atom stereocenters. The second kappa shape index (κ2) is 4.81. The maximum atomic E-state index is 5.67. The first kappa shape index (κ1) is 10.7. The molecule has 0 unspecified atom stereocenters. The van der Waals surface area contributed by atoms with Gasteiger partial charge in [0, 0.05) is 37.2 Å². The Kier molecular flexibility index (Phi) is 3.22. The number of aromatic nitrogens is 1. The van der Waals surface area contributed by atoms with E-state index in [1.165, 1.54) is 0 Å². The second-order valence-electron chi connectivity index (χ2n) is 3.64. The van der Waals surface area contributed by atoms with Crippen LogP contribution in [0.5, 0.6) is 0 Å². The van der Waals surface area contributed by atoms with Crippen molar-refractivity contribution in [3.05, 3.63) is 48.2 Å². The van der Waals surface area contributed by atoms with E-state index in [1.807, 2.05) is 25.2 Å². The van der Waals surface area contributed by atoms with Gasteiger partial charge in [0.05, 0.1) is 12.8 Å². The van der Waals surface area contributed by atoms with E-state index in [4.69, 9.17) is 10.2 Å². The van der Waals surface area contributed by atoms with Crippen molar-refractivity contribution >= 4 is 5.69 Å². The highest BCUT2D eigenvalue weighted by atomic mass is 16.3. The van der Waals surface area contributed by atoms with Gasteiger partial charge in [-0.1, -0.05) is 0 Å². The zero-order chi connectivity index (χ0) is 11.4. The summed E-state index contributed by atoms with van der Waals surface area (Å²) >= 11 is 0. The summed E-state index contributed by atoms with van der Waals surface area (Å²) in [5.41, 5.74) is 7.80. The first-order valence-electron chi connectivity index (χ1n) is 5.17. The minimum absolute atomic E-state index is 0.492. The second-order valence-corrected chi connectivity index (χ2v) is 3.64. The van der Waals surface area contributed by atoms with Crippen molar-refractivity contribution < 1.29 is 4.42 Å². The van der Waals surface area contributed by atoms with Crippen molar-refractivity contribution in [1.82, 2.24) is 4.98 Å². The van der Waals surface area contributed by atoms with Crippen molar-refractivity contribution in [3.8, 4) is 0 Å². The zero-order valence-electron chi connectivity index (χ0n) is 9.26. The number of pyridine rings is 1. The highest BCUT2D eigenvalue weighted by Gasteiger charge is 2.07. The van der Waals surface area contributed by atoms with Crippen LogP contribution in [0.2, 0.25) is 0 Å². The maximum Gasteiger partial charge on any atom is 0.123 e. The minimum Gasteiger partial charge on any atom is -0.467 e. The highest BCUT2D eigenvalue weighted by molar-refractivity contribution is 5.51. The van der Waals surface area contributed by atoms with Crippen molar-refractivity contribution in [2.45, 2.75) is 13.1 Å². The zero-order valence-corrected chi connectivity index (χ0v) is 9.26. The average Bonchev–Trinajstić information content (AvgIpc) is 2.81. The normalized spacial score (nSPS) is 10.4. The molecule has 0 saturated carbocycles. The van der Waals surface area contributed by atoms with E-state index >= 15 is 0 Å². The topological polar surface area (TPSA) is 55.3 Å². The van der Waals surface area contributed by atoms with Crippen molar-refractivity contribution in [2.24, 2.45) is 5.73 Å². The summed E-state index contributed by atoms with van der Waals surface area (Å²) < 4.78 is 5.31. The van der Waals surface area contributed by atoms with Gasteiger partial charge < -0.3 is 15.1 Å².